The SMILES string of the molecule is CCOc1ccc(S(=O)(=O)N2CCCCC2)cc1NC(=O)c1ccc(OC)c([N+](=O)[O-])c1. The number of piperidine rings is 1. The summed E-state index contributed by atoms with van der Waals surface area (Å²) in [5.74, 6) is -0.332. The van der Waals surface area contributed by atoms with Crippen LogP contribution in [0.5, 0.6) is 11.5 Å². The number of anilines is 1. The number of nitrogens with one attached hydrogen (secondary N) is 1. The molecule has 10 nitrogen and oxygen atoms in total. The molecule has 0 radical (unpaired) electrons. The monoisotopic (exact) mass is 463 g/mol. The highest BCUT2D eigenvalue weighted by Crippen LogP contribution is 2.32. The topological polar surface area (TPSA) is 128 Å². The summed E-state index contributed by atoms with van der Waals surface area (Å²) in [6.45, 7) is 2.96. The highest BCUT2D eigenvalue weighted by Gasteiger charge is 2.27. The second-order valence-electron chi connectivity index (χ2n) is 7.15. The van der Waals surface area contributed by atoms with E-state index in [1.807, 2.05) is 0 Å². The van der Waals surface area contributed by atoms with Crippen molar-refractivity contribution in [3.63, 3.8) is 0 Å². The van der Waals surface area contributed by atoms with E-state index in [2.05, 4.69) is 5.32 Å². The first kappa shape index (κ1) is 23.5. The summed E-state index contributed by atoms with van der Waals surface area (Å²) in [5.41, 5.74) is -0.177. The molecule has 0 bridgehead atoms. The van der Waals surface area contributed by atoms with Gasteiger partial charge in [-0.3, -0.25) is 14.9 Å². The van der Waals surface area contributed by atoms with Crippen LogP contribution in [-0.4, -0.2) is 50.4 Å². The second-order valence-corrected chi connectivity index (χ2v) is 9.09. The zero-order chi connectivity index (χ0) is 23.3. The maximum Gasteiger partial charge on any atom is 0.311 e. The standard InChI is InChI=1S/C21H25N3O7S/c1-3-31-19-10-8-16(32(28,29)23-11-5-4-6-12-23)14-17(19)22-21(25)15-7-9-20(30-2)18(13-15)24(26)27/h7-10,13-14H,3-6,11-12H2,1-2H3,(H,22,25). The van der Waals surface area contributed by atoms with Crippen molar-refractivity contribution < 1.29 is 27.6 Å². The third kappa shape index (κ3) is 5.00. The lowest BCUT2D eigenvalue weighted by molar-refractivity contribution is -0.385. The normalized spacial score (nSPS) is 14.6. The van der Waals surface area contributed by atoms with Crippen LogP contribution >= 0.6 is 0 Å². The van der Waals surface area contributed by atoms with Crippen molar-refractivity contribution in [3.05, 3.63) is 52.1 Å². The smallest absolute Gasteiger partial charge is 0.311 e. The number of carbonyl (C=O) groups is 1. The number of benzene rings is 2. The quantitative estimate of drug-likeness (QED) is 0.469. The molecule has 0 aliphatic carbocycles. The average Bonchev–Trinajstić information content (AvgIpc) is 2.80. The fourth-order valence-corrected chi connectivity index (χ4v) is 5.02. The number of hydrogen-bond acceptors (Lipinski definition) is 7. The molecule has 2 aromatic carbocycles. The molecule has 11 heteroatoms. The minimum atomic E-state index is -3.72. The average molecular weight is 464 g/mol. The summed E-state index contributed by atoms with van der Waals surface area (Å²) in [4.78, 5) is 23.5. The van der Waals surface area contributed by atoms with E-state index in [0.29, 0.717) is 25.4 Å². The Morgan fingerprint density at radius 2 is 1.81 bits per heavy atom. The number of nitrogens with zero attached hydrogens (tertiary/aromatic N) is 2. The van der Waals surface area contributed by atoms with Gasteiger partial charge in [-0.25, -0.2) is 8.42 Å². The molecule has 1 fully saturated rings. The zero-order valence-electron chi connectivity index (χ0n) is 17.9. The van der Waals surface area contributed by atoms with E-state index in [-0.39, 0.29) is 27.6 Å². The molecule has 1 aliphatic heterocycles. The number of sulfonamides is 1. The van der Waals surface area contributed by atoms with Gasteiger partial charge in [0.25, 0.3) is 5.91 Å². The van der Waals surface area contributed by atoms with Gasteiger partial charge in [-0.15, -0.1) is 0 Å². The molecule has 0 spiro atoms. The van der Waals surface area contributed by atoms with Crippen LogP contribution in [0.3, 0.4) is 0 Å². The minimum Gasteiger partial charge on any atom is -0.492 e. The Bertz CT molecular complexity index is 1110. The molecule has 0 unspecified atom stereocenters. The third-order valence-electron chi connectivity index (χ3n) is 5.09. The van der Waals surface area contributed by atoms with Crippen molar-refractivity contribution in [2.24, 2.45) is 0 Å². The number of nitro groups is 1. The molecule has 1 amide bonds. The first-order chi connectivity index (χ1) is 15.3. The molecular formula is C21H25N3O7S. The van der Waals surface area contributed by atoms with Gasteiger partial charge in [0, 0.05) is 24.7 Å². The van der Waals surface area contributed by atoms with Crippen LogP contribution in [0.2, 0.25) is 0 Å². The minimum absolute atomic E-state index is 0.0178. The van der Waals surface area contributed by atoms with Gasteiger partial charge in [0.1, 0.15) is 5.75 Å². The summed E-state index contributed by atoms with van der Waals surface area (Å²) >= 11 is 0. The van der Waals surface area contributed by atoms with Crippen LogP contribution in [0, 0.1) is 10.1 Å². The van der Waals surface area contributed by atoms with Gasteiger partial charge in [-0.2, -0.15) is 4.31 Å². The Morgan fingerprint density at radius 1 is 1.12 bits per heavy atom. The van der Waals surface area contributed by atoms with Gasteiger partial charge >= 0.3 is 5.69 Å². The number of hydrogen-bond donors (Lipinski definition) is 1. The Balaban J connectivity index is 1.94. The van der Waals surface area contributed by atoms with Crippen molar-refractivity contribution in [2.45, 2.75) is 31.1 Å². The Labute approximate surface area is 186 Å². The van der Waals surface area contributed by atoms with Gasteiger partial charge in [0.05, 0.1) is 29.2 Å². The van der Waals surface area contributed by atoms with Gasteiger partial charge in [0.2, 0.25) is 10.0 Å². The number of methoxy groups -OCH3 is 1. The number of nitro benzene ring substituents is 1. The Morgan fingerprint density at radius 3 is 2.44 bits per heavy atom. The molecule has 1 aliphatic rings. The maximum atomic E-state index is 13.0. The van der Waals surface area contributed by atoms with E-state index in [0.717, 1.165) is 25.3 Å². The molecule has 1 saturated heterocycles. The van der Waals surface area contributed by atoms with E-state index in [9.17, 15) is 23.3 Å². The number of carbonyl (C=O) groups excluding carboxylic acids is 1. The lowest BCUT2D eigenvalue weighted by atomic mass is 10.1. The Kier molecular flexibility index (Phi) is 7.31. The zero-order valence-corrected chi connectivity index (χ0v) is 18.7. The predicted octanol–water partition coefficient (Wildman–Crippen LogP) is 3.43. The summed E-state index contributed by atoms with van der Waals surface area (Å²) < 4.78 is 38.0. The third-order valence-corrected chi connectivity index (χ3v) is 6.98. The van der Waals surface area contributed by atoms with E-state index in [1.54, 1.807) is 6.92 Å². The summed E-state index contributed by atoms with van der Waals surface area (Å²) in [6.07, 6.45) is 2.59. The summed E-state index contributed by atoms with van der Waals surface area (Å²) in [6, 6.07) is 8.10. The van der Waals surface area contributed by atoms with Crippen LogP contribution in [0.25, 0.3) is 0 Å². The molecule has 172 valence electrons. The Hall–Kier alpha value is -3.18. The lowest BCUT2D eigenvalue weighted by Gasteiger charge is -2.26. The fourth-order valence-electron chi connectivity index (χ4n) is 3.47. The van der Waals surface area contributed by atoms with Crippen LogP contribution < -0.4 is 14.8 Å². The van der Waals surface area contributed by atoms with Gasteiger partial charge in [-0.1, -0.05) is 6.42 Å². The van der Waals surface area contributed by atoms with E-state index in [4.69, 9.17) is 9.47 Å². The molecule has 0 saturated carbocycles. The first-order valence-electron chi connectivity index (χ1n) is 10.2. The molecule has 0 atom stereocenters. The highest BCUT2D eigenvalue weighted by atomic mass is 32.2. The predicted molar refractivity (Wildman–Crippen MR) is 118 cm³/mol. The molecular weight excluding hydrogens is 438 g/mol. The molecule has 3 rings (SSSR count). The van der Waals surface area contributed by atoms with Crippen LogP contribution in [0.15, 0.2) is 41.3 Å². The number of ether oxygens (including phenoxy) is 2. The second kappa shape index (κ2) is 9.96. The number of amides is 1. The van der Waals surface area contributed by atoms with Crippen molar-refractivity contribution in [1.82, 2.24) is 4.31 Å². The maximum absolute atomic E-state index is 13.0. The van der Waals surface area contributed by atoms with Crippen molar-refractivity contribution in [3.8, 4) is 11.5 Å². The molecule has 0 aromatic heterocycles. The van der Waals surface area contributed by atoms with Crippen molar-refractivity contribution >= 4 is 27.3 Å². The largest absolute Gasteiger partial charge is 0.492 e. The van der Waals surface area contributed by atoms with Gasteiger partial charge < -0.3 is 14.8 Å². The van der Waals surface area contributed by atoms with Crippen LogP contribution in [0.4, 0.5) is 11.4 Å². The van der Waals surface area contributed by atoms with E-state index < -0.39 is 20.9 Å². The summed E-state index contributed by atoms with van der Waals surface area (Å²) in [7, 11) is -2.43. The molecule has 1 heterocycles. The van der Waals surface area contributed by atoms with E-state index >= 15 is 0 Å². The van der Waals surface area contributed by atoms with Crippen LogP contribution in [0.1, 0.15) is 36.5 Å². The molecule has 1 N–H and O–H groups in total. The first-order valence-corrected chi connectivity index (χ1v) is 11.6. The highest BCUT2D eigenvalue weighted by molar-refractivity contribution is 7.89. The van der Waals surface area contributed by atoms with E-state index in [1.165, 1.54) is 41.7 Å². The summed E-state index contributed by atoms with van der Waals surface area (Å²) in [5, 5.41) is 13.9. The van der Waals surface area contributed by atoms with Crippen molar-refractivity contribution in [2.75, 3.05) is 32.1 Å². The lowest BCUT2D eigenvalue weighted by Crippen LogP contribution is -2.35. The van der Waals surface area contributed by atoms with Gasteiger partial charge in [0.15, 0.2) is 5.75 Å². The van der Waals surface area contributed by atoms with Gasteiger partial charge in [-0.05, 0) is 50.1 Å². The molecule has 2 aromatic rings. The van der Waals surface area contributed by atoms with Crippen LogP contribution in [-0.2, 0) is 10.0 Å². The number of rotatable bonds is 8. The van der Waals surface area contributed by atoms with Crippen molar-refractivity contribution in [1.29, 1.82) is 0 Å². The molecule has 32 heavy (non-hydrogen) atoms. The fraction of sp³-hybridized carbons (Fsp3) is 0.381.